The molecule has 1 aromatic carbocycles. The van der Waals surface area contributed by atoms with Crippen molar-refractivity contribution in [1.29, 1.82) is 0 Å². The highest BCUT2D eigenvalue weighted by atomic mass is 32.2. The number of rotatable bonds is 5. The first kappa shape index (κ1) is 14.4. The van der Waals surface area contributed by atoms with Crippen molar-refractivity contribution in [2.45, 2.75) is 13.0 Å². The first-order valence-corrected chi connectivity index (χ1v) is 6.57. The molecule has 0 saturated heterocycles. The van der Waals surface area contributed by atoms with E-state index in [1.807, 2.05) is 6.26 Å². The summed E-state index contributed by atoms with van der Waals surface area (Å²) in [4.78, 5) is 14.2. The molecule has 0 saturated carbocycles. The number of hydrogen-bond donors (Lipinski definition) is 1. The van der Waals surface area contributed by atoms with E-state index in [1.165, 1.54) is 17.8 Å². The SMILES string of the molecule is CSCC(N=C(C)N)c1cc([N+](=O)[O-])ccc1F. The van der Waals surface area contributed by atoms with Gasteiger partial charge in [0.1, 0.15) is 5.82 Å². The molecule has 5 nitrogen and oxygen atoms in total. The molecule has 1 unspecified atom stereocenters. The van der Waals surface area contributed by atoms with Crippen LogP contribution in [0.4, 0.5) is 10.1 Å². The summed E-state index contributed by atoms with van der Waals surface area (Å²) in [6, 6.07) is 2.92. The van der Waals surface area contributed by atoms with Gasteiger partial charge in [-0.25, -0.2) is 4.39 Å². The van der Waals surface area contributed by atoms with Crippen molar-refractivity contribution in [3.8, 4) is 0 Å². The van der Waals surface area contributed by atoms with E-state index in [0.29, 0.717) is 11.6 Å². The van der Waals surface area contributed by atoms with E-state index < -0.39 is 16.8 Å². The van der Waals surface area contributed by atoms with E-state index in [-0.39, 0.29) is 11.3 Å². The Bertz CT molecular complexity index is 475. The number of aliphatic imine (C=N–C) groups is 1. The summed E-state index contributed by atoms with van der Waals surface area (Å²) in [5.41, 5.74) is 5.54. The Hall–Kier alpha value is -1.63. The first-order chi connectivity index (χ1) is 8.45. The number of nitro groups is 1. The summed E-state index contributed by atoms with van der Waals surface area (Å²) < 4.78 is 13.7. The van der Waals surface area contributed by atoms with Crippen LogP contribution in [0.5, 0.6) is 0 Å². The Morgan fingerprint density at radius 1 is 1.67 bits per heavy atom. The number of nitro benzene ring substituents is 1. The number of thioether (sulfide) groups is 1. The second-order valence-corrected chi connectivity index (χ2v) is 4.62. The van der Waals surface area contributed by atoms with Gasteiger partial charge >= 0.3 is 0 Å². The van der Waals surface area contributed by atoms with E-state index in [4.69, 9.17) is 5.73 Å². The van der Waals surface area contributed by atoms with Crippen molar-refractivity contribution in [1.82, 2.24) is 0 Å². The third kappa shape index (κ3) is 3.69. The highest BCUT2D eigenvalue weighted by Gasteiger charge is 2.18. The van der Waals surface area contributed by atoms with Gasteiger partial charge in [-0.3, -0.25) is 15.1 Å². The lowest BCUT2D eigenvalue weighted by Crippen LogP contribution is -2.11. The van der Waals surface area contributed by atoms with Gasteiger partial charge in [0, 0.05) is 23.4 Å². The van der Waals surface area contributed by atoms with Crippen molar-refractivity contribution < 1.29 is 9.31 Å². The summed E-state index contributed by atoms with van der Waals surface area (Å²) in [6.45, 7) is 1.60. The number of benzene rings is 1. The summed E-state index contributed by atoms with van der Waals surface area (Å²) >= 11 is 1.47. The molecule has 0 fully saturated rings. The van der Waals surface area contributed by atoms with Crippen LogP contribution in [0.15, 0.2) is 23.2 Å². The van der Waals surface area contributed by atoms with Crippen molar-refractivity contribution in [2.24, 2.45) is 10.7 Å². The van der Waals surface area contributed by atoms with Crippen LogP contribution in [-0.2, 0) is 0 Å². The lowest BCUT2D eigenvalue weighted by atomic mass is 10.1. The lowest BCUT2D eigenvalue weighted by molar-refractivity contribution is -0.385. The van der Waals surface area contributed by atoms with Gasteiger partial charge in [-0.2, -0.15) is 11.8 Å². The topological polar surface area (TPSA) is 81.5 Å². The Kier molecular flexibility index (Phi) is 5.08. The molecule has 0 amide bonds. The fourth-order valence-electron chi connectivity index (χ4n) is 1.50. The van der Waals surface area contributed by atoms with Crippen LogP contribution in [0.25, 0.3) is 0 Å². The van der Waals surface area contributed by atoms with Crippen molar-refractivity contribution >= 4 is 23.3 Å². The van der Waals surface area contributed by atoms with Gasteiger partial charge in [0.2, 0.25) is 0 Å². The van der Waals surface area contributed by atoms with Gasteiger partial charge in [-0.05, 0) is 19.2 Å². The Balaban J connectivity index is 3.21. The molecular weight excluding hydrogens is 257 g/mol. The van der Waals surface area contributed by atoms with E-state index in [0.717, 1.165) is 12.1 Å². The highest BCUT2D eigenvalue weighted by molar-refractivity contribution is 7.98. The zero-order valence-electron chi connectivity index (χ0n) is 10.1. The van der Waals surface area contributed by atoms with E-state index in [9.17, 15) is 14.5 Å². The Morgan fingerprint density at radius 2 is 2.33 bits per heavy atom. The standard InChI is InChI=1S/C11H14FN3O2S/c1-7(13)14-11(6-18-2)9-5-8(15(16)17)3-4-10(9)12/h3-5,11H,6H2,1-2H3,(H2,13,14). The summed E-state index contributed by atoms with van der Waals surface area (Å²) in [7, 11) is 0. The van der Waals surface area contributed by atoms with Crippen LogP contribution in [0.2, 0.25) is 0 Å². The second-order valence-electron chi connectivity index (χ2n) is 3.70. The summed E-state index contributed by atoms with van der Waals surface area (Å²) in [5, 5.41) is 10.7. The average Bonchev–Trinajstić information content (AvgIpc) is 2.28. The maximum absolute atomic E-state index is 13.7. The fourth-order valence-corrected chi connectivity index (χ4v) is 2.07. The van der Waals surface area contributed by atoms with Crippen molar-refractivity contribution in [3.63, 3.8) is 0 Å². The molecular formula is C11H14FN3O2S. The molecule has 7 heteroatoms. The van der Waals surface area contributed by atoms with Crippen LogP contribution in [0.3, 0.4) is 0 Å². The predicted molar refractivity (Wildman–Crippen MR) is 71.5 cm³/mol. The monoisotopic (exact) mass is 271 g/mol. The van der Waals surface area contributed by atoms with Crippen LogP contribution < -0.4 is 5.73 Å². The number of amidine groups is 1. The average molecular weight is 271 g/mol. The molecule has 0 heterocycles. The third-order valence-electron chi connectivity index (χ3n) is 2.23. The number of halogens is 1. The molecule has 0 bridgehead atoms. The van der Waals surface area contributed by atoms with Gasteiger partial charge in [0.25, 0.3) is 5.69 Å². The second kappa shape index (κ2) is 6.34. The van der Waals surface area contributed by atoms with E-state index >= 15 is 0 Å². The number of hydrogen-bond acceptors (Lipinski definition) is 4. The smallest absolute Gasteiger partial charge is 0.269 e. The number of nitrogens with zero attached hydrogens (tertiary/aromatic N) is 2. The molecule has 18 heavy (non-hydrogen) atoms. The number of non-ortho nitro benzene ring substituents is 1. The molecule has 0 aromatic heterocycles. The molecule has 1 aromatic rings. The molecule has 2 N–H and O–H groups in total. The minimum Gasteiger partial charge on any atom is -0.388 e. The van der Waals surface area contributed by atoms with Crippen molar-refractivity contribution in [3.05, 3.63) is 39.7 Å². The third-order valence-corrected chi connectivity index (χ3v) is 2.88. The fraction of sp³-hybridized carbons (Fsp3) is 0.364. The van der Waals surface area contributed by atoms with E-state index in [2.05, 4.69) is 4.99 Å². The Morgan fingerprint density at radius 3 is 2.83 bits per heavy atom. The zero-order valence-corrected chi connectivity index (χ0v) is 10.9. The normalized spacial score (nSPS) is 13.4. The maximum Gasteiger partial charge on any atom is 0.269 e. The molecule has 0 aliphatic heterocycles. The van der Waals surface area contributed by atoms with Gasteiger partial charge in [0.05, 0.1) is 16.8 Å². The van der Waals surface area contributed by atoms with Crippen LogP contribution in [0, 0.1) is 15.9 Å². The van der Waals surface area contributed by atoms with E-state index in [1.54, 1.807) is 6.92 Å². The molecule has 0 radical (unpaired) electrons. The maximum atomic E-state index is 13.7. The largest absolute Gasteiger partial charge is 0.388 e. The first-order valence-electron chi connectivity index (χ1n) is 5.18. The molecule has 0 aliphatic rings. The Labute approximate surface area is 108 Å². The van der Waals surface area contributed by atoms with Gasteiger partial charge in [0.15, 0.2) is 0 Å². The lowest BCUT2D eigenvalue weighted by Gasteiger charge is -2.13. The van der Waals surface area contributed by atoms with Crippen LogP contribution >= 0.6 is 11.8 Å². The summed E-state index contributed by atoms with van der Waals surface area (Å²) in [5.74, 6) is 0.316. The van der Waals surface area contributed by atoms with Gasteiger partial charge < -0.3 is 5.73 Å². The molecule has 1 atom stereocenters. The van der Waals surface area contributed by atoms with Crippen LogP contribution in [-0.4, -0.2) is 22.8 Å². The van der Waals surface area contributed by atoms with Crippen LogP contribution in [0.1, 0.15) is 18.5 Å². The van der Waals surface area contributed by atoms with Gasteiger partial charge in [-0.1, -0.05) is 0 Å². The zero-order chi connectivity index (χ0) is 13.7. The molecule has 0 aliphatic carbocycles. The minimum absolute atomic E-state index is 0.151. The quantitative estimate of drug-likeness (QED) is 0.386. The van der Waals surface area contributed by atoms with Crippen molar-refractivity contribution in [2.75, 3.05) is 12.0 Å². The molecule has 1 rings (SSSR count). The number of nitrogens with two attached hydrogens (primary N) is 1. The minimum atomic E-state index is -0.557. The summed E-state index contributed by atoms with van der Waals surface area (Å²) in [6.07, 6.45) is 1.85. The van der Waals surface area contributed by atoms with Gasteiger partial charge in [-0.15, -0.1) is 0 Å². The molecule has 98 valence electrons. The molecule has 0 spiro atoms. The highest BCUT2D eigenvalue weighted by Crippen LogP contribution is 2.27. The predicted octanol–water partition coefficient (Wildman–Crippen LogP) is 2.52.